The van der Waals surface area contributed by atoms with Gasteiger partial charge in [0.1, 0.15) is 18.0 Å². The highest BCUT2D eigenvalue weighted by atomic mass is 35.5. The number of nitrogens with zero attached hydrogens (tertiary/aromatic N) is 4. The largest absolute Gasteiger partial charge is 0.386 e. The van der Waals surface area contributed by atoms with Gasteiger partial charge in [-0.15, -0.1) is 0 Å². The molecule has 0 radical (unpaired) electrons. The normalized spacial score (nSPS) is 21.6. The molecule has 0 saturated carbocycles. The van der Waals surface area contributed by atoms with Crippen molar-refractivity contribution in [2.24, 2.45) is 0 Å². The van der Waals surface area contributed by atoms with Crippen LogP contribution >= 0.6 is 26.8 Å². The van der Waals surface area contributed by atoms with Crippen LogP contribution in [0, 0.1) is 0 Å². The van der Waals surface area contributed by atoms with Crippen LogP contribution in [0.25, 0.3) is 11.0 Å². The number of aliphatic hydroxyl groups is 3. The molecule has 7 N–H and O–H groups in total. The predicted molar refractivity (Wildman–Crippen MR) is 123 cm³/mol. The number of rotatable bonds is 11. The van der Waals surface area contributed by atoms with Crippen LogP contribution in [0.3, 0.4) is 0 Å². The van der Waals surface area contributed by atoms with Crippen molar-refractivity contribution in [1.29, 1.82) is 0 Å². The summed E-state index contributed by atoms with van der Waals surface area (Å²) in [5.74, 6) is -1.07. The molecule has 18 heteroatoms. The summed E-state index contributed by atoms with van der Waals surface area (Å²) >= 11 is 6.03. The average molecular weight is 558 g/mol. The summed E-state index contributed by atoms with van der Waals surface area (Å²) in [6, 6.07) is -0.0184. The van der Waals surface area contributed by atoms with E-state index in [1.807, 2.05) is 0 Å². The molecule has 0 aromatic carbocycles. The number of halogens is 1. The van der Waals surface area contributed by atoms with Crippen LogP contribution in [-0.2, 0) is 18.4 Å². The first-order chi connectivity index (χ1) is 16.3. The van der Waals surface area contributed by atoms with E-state index in [1.165, 1.54) is 19.2 Å². The Bertz CT molecular complexity index is 1170. The lowest BCUT2D eigenvalue weighted by Gasteiger charge is -2.25. The van der Waals surface area contributed by atoms with Gasteiger partial charge in [0.2, 0.25) is 5.28 Å². The molecule has 0 spiro atoms. The van der Waals surface area contributed by atoms with E-state index in [2.05, 4.69) is 24.9 Å². The number of fused-ring (bicyclic) bond motifs is 1. The molecule has 1 aliphatic rings. The third-order valence-corrected chi connectivity index (χ3v) is 8.73. The second-order valence-corrected chi connectivity index (χ2v) is 12.1. The minimum absolute atomic E-state index is 0.0184. The van der Waals surface area contributed by atoms with Gasteiger partial charge in [0.25, 0.3) is 0 Å². The second kappa shape index (κ2) is 11.3. The maximum absolute atomic E-state index is 11.9. The van der Waals surface area contributed by atoms with E-state index in [9.17, 15) is 29.3 Å². The van der Waals surface area contributed by atoms with Crippen molar-refractivity contribution < 1.29 is 48.4 Å². The van der Waals surface area contributed by atoms with E-state index in [1.54, 1.807) is 0 Å². The maximum atomic E-state index is 11.9. The molecular weight excluding hydrogens is 532 g/mol. The maximum Gasteiger partial charge on any atom is 0.340 e. The summed E-state index contributed by atoms with van der Waals surface area (Å²) in [6.07, 6.45) is -2.23. The fourth-order valence-corrected chi connectivity index (χ4v) is 6.06. The molecule has 3 rings (SSSR count). The highest BCUT2D eigenvalue weighted by Gasteiger charge is 2.34. The fraction of sp³-hybridized carbons (Fsp3) is 0.588. The van der Waals surface area contributed by atoms with Gasteiger partial charge in [-0.05, 0) is 30.5 Å². The first-order valence-corrected chi connectivity index (χ1v) is 14.2. The molecule has 15 nitrogen and oxygen atoms in total. The zero-order valence-electron chi connectivity index (χ0n) is 18.4. The molecule has 5 atom stereocenters. The Morgan fingerprint density at radius 3 is 2.66 bits per heavy atom. The molecular formula is C17H26ClN5O10P2. The van der Waals surface area contributed by atoms with Crippen LogP contribution < -0.4 is 5.32 Å². The summed E-state index contributed by atoms with van der Waals surface area (Å²) in [5.41, 5.74) is -0.0748. The highest BCUT2D eigenvalue weighted by molar-refractivity contribution is 7.70. The molecule has 1 fully saturated rings. The zero-order chi connectivity index (χ0) is 26.0. The van der Waals surface area contributed by atoms with E-state index in [0.29, 0.717) is 24.4 Å². The molecule has 35 heavy (non-hydrogen) atoms. The van der Waals surface area contributed by atoms with Gasteiger partial charge < -0.3 is 44.6 Å². The van der Waals surface area contributed by atoms with Gasteiger partial charge in [0.15, 0.2) is 17.8 Å². The van der Waals surface area contributed by atoms with Crippen molar-refractivity contribution in [1.82, 2.24) is 19.7 Å². The van der Waals surface area contributed by atoms with Crippen molar-refractivity contribution in [2.75, 3.05) is 31.0 Å². The Balaban J connectivity index is 1.77. The highest BCUT2D eigenvalue weighted by Crippen LogP contribution is 2.55. The molecule has 1 saturated heterocycles. The quantitative estimate of drug-likeness (QED) is 0.111. The Labute approximate surface area is 204 Å². The molecule has 1 unspecified atom stereocenters. The molecule has 1 aliphatic heterocycles. The number of hydrogen-bond donors (Lipinski definition) is 7. The van der Waals surface area contributed by atoms with Crippen LogP contribution in [0.2, 0.25) is 5.28 Å². The molecule has 2 aromatic heterocycles. The van der Waals surface area contributed by atoms with Crippen molar-refractivity contribution in [3.8, 4) is 0 Å². The van der Waals surface area contributed by atoms with Gasteiger partial charge in [-0.1, -0.05) is 6.08 Å². The van der Waals surface area contributed by atoms with Gasteiger partial charge in [-0.2, -0.15) is 15.1 Å². The third kappa shape index (κ3) is 7.28. The SMILES string of the molecule is C/C=C(/COP(=O)(O)CP(=O)(O)O)[C@@H](O)[C@@H](O)[C@@H](O)n1ncc2c(N[C@H]3CCOC3)nc(Cl)nc21. The standard InChI is InChI=1S/C17H26ClN5O10P2/c1-2-9(6-33-35(30,31)8-34(27,28)29)12(24)13(25)16(26)23-15-11(5-19-23)14(21-17(18)22-15)20-10-3-4-32-7-10/h2,5,10,12-13,16,24-26H,3-4,6-8H2,1H3,(H,30,31)(H,20,21,22)(H2,27,28,29)/b9-2-/t10-,12+,13+,16+/m0/s1. The van der Waals surface area contributed by atoms with Gasteiger partial charge in [0.05, 0.1) is 30.8 Å². The molecule has 3 heterocycles. The van der Waals surface area contributed by atoms with Crippen molar-refractivity contribution >= 4 is 43.6 Å². The lowest BCUT2D eigenvalue weighted by atomic mass is 10.0. The first-order valence-electron chi connectivity index (χ1n) is 10.3. The monoisotopic (exact) mass is 557 g/mol. The fourth-order valence-electron chi connectivity index (χ4n) is 3.36. The first kappa shape index (κ1) is 28.1. The summed E-state index contributed by atoms with van der Waals surface area (Å²) in [5, 5.41) is 39.2. The predicted octanol–water partition coefficient (Wildman–Crippen LogP) is 0.177. The topological polar surface area (TPSA) is 230 Å². The Morgan fingerprint density at radius 2 is 2.06 bits per heavy atom. The summed E-state index contributed by atoms with van der Waals surface area (Å²) in [6.45, 7) is 1.73. The second-order valence-electron chi connectivity index (χ2n) is 7.80. The minimum atomic E-state index is -4.84. The smallest absolute Gasteiger partial charge is 0.340 e. The molecule has 0 aliphatic carbocycles. The number of hydrogen-bond acceptors (Lipinski definition) is 11. The van der Waals surface area contributed by atoms with Crippen LogP contribution in [0.4, 0.5) is 5.82 Å². The van der Waals surface area contributed by atoms with Crippen molar-refractivity contribution in [2.45, 2.75) is 37.8 Å². The number of allylic oxidation sites excluding steroid dienone is 1. The van der Waals surface area contributed by atoms with E-state index < -0.39 is 46.1 Å². The summed E-state index contributed by atoms with van der Waals surface area (Å²) in [4.78, 5) is 35.6. The third-order valence-electron chi connectivity index (χ3n) is 5.12. The van der Waals surface area contributed by atoms with Crippen molar-refractivity contribution in [3.05, 3.63) is 23.1 Å². The Kier molecular flexibility index (Phi) is 9.05. The Morgan fingerprint density at radius 1 is 1.34 bits per heavy atom. The zero-order valence-corrected chi connectivity index (χ0v) is 20.9. The molecule has 0 amide bonds. The van der Waals surface area contributed by atoms with E-state index in [-0.39, 0.29) is 22.5 Å². The summed E-state index contributed by atoms with van der Waals surface area (Å²) < 4.78 is 33.8. The number of nitrogens with one attached hydrogen (secondary N) is 1. The van der Waals surface area contributed by atoms with Crippen LogP contribution in [0.1, 0.15) is 19.6 Å². The number of aliphatic hydroxyl groups excluding tert-OH is 3. The van der Waals surface area contributed by atoms with Gasteiger partial charge in [0, 0.05) is 6.61 Å². The molecule has 2 aromatic rings. The summed E-state index contributed by atoms with van der Waals surface area (Å²) in [7, 11) is -9.55. The number of anilines is 1. The van der Waals surface area contributed by atoms with Crippen LogP contribution in [-0.4, -0.2) is 93.7 Å². The molecule has 0 bridgehead atoms. The lowest BCUT2D eigenvalue weighted by Crippen LogP contribution is -2.37. The van der Waals surface area contributed by atoms with Crippen LogP contribution in [0.15, 0.2) is 17.8 Å². The number of aromatic nitrogens is 4. The Hall–Kier alpha value is -1.48. The minimum Gasteiger partial charge on any atom is -0.386 e. The lowest BCUT2D eigenvalue weighted by molar-refractivity contribution is -0.0845. The van der Waals surface area contributed by atoms with E-state index in [0.717, 1.165) is 11.1 Å². The molecule has 196 valence electrons. The van der Waals surface area contributed by atoms with E-state index >= 15 is 0 Å². The number of ether oxygens (including phenoxy) is 1. The van der Waals surface area contributed by atoms with Gasteiger partial charge in [-0.25, -0.2) is 4.68 Å². The van der Waals surface area contributed by atoms with Crippen molar-refractivity contribution in [3.63, 3.8) is 0 Å². The van der Waals surface area contributed by atoms with Crippen LogP contribution in [0.5, 0.6) is 0 Å². The van der Waals surface area contributed by atoms with E-state index in [4.69, 9.17) is 26.1 Å². The van der Waals surface area contributed by atoms with Gasteiger partial charge in [-0.3, -0.25) is 9.13 Å². The van der Waals surface area contributed by atoms with Gasteiger partial charge >= 0.3 is 15.2 Å². The average Bonchev–Trinajstić information content (AvgIpc) is 3.41.